The van der Waals surface area contributed by atoms with Gasteiger partial charge in [0.2, 0.25) is 0 Å². The van der Waals surface area contributed by atoms with Crippen molar-refractivity contribution in [2.75, 3.05) is 5.32 Å². The number of hydrogen-bond donors (Lipinski definition) is 3. The largest absolute Gasteiger partial charge is 0.444 e. The quantitative estimate of drug-likeness (QED) is 0.556. The van der Waals surface area contributed by atoms with E-state index in [0.717, 1.165) is 5.56 Å². The molecule has 0 aliphatic rings. The Morgan fingerprint density at radius 1 is 1.39 bits per heavy atom. The Labute approximate surface area is 107 Å². The Hall–Kier alpha value is -2.04. The van der Waals surface area contributed by atoms with Crippen molar-refractivity contribution in [3.05, 3.63) is 29.3 Å². The van der Waals surface area contributed by atoms with Crippen LogP contribution < -0.4 is 11.1 Å². The number of ether oxygens (including phenoxy) is 1. The molecule has 0 saturated carbocycles. The number of nitrogens with one attached hydrogen (secondary N) is 2. The molecule has 0 aromatic heterocycles. The third-order valence-electron chi connectivity index (χ3n) is 2.18. The summed E-state index contributed by atoms with van der Waals surface area (Å²) in [5.74, 6) is -0.0396. The number of amidine groups is 1. The van der Waals surface area contributed by atoms with Crippen molar-refractivity contribution in [1.82, 2.24) is 0 Å². The Morgan fingerprint density at radius 3 is 2.50 bits per heavy atom. The lowest BCUT2D eigenvalue weighted by atomic mass is 10.1. The van der Waals surface area contributed by atoms with Gasteiger partial charge in [-0.1, -0.05) is 12.1 Å². The molecule has 0 atom stereocenters. The summed E-state index contributed by atoms with van der Waals surface area (Å²) in [6, 6.07) is 5.18. The number of nitrogen functional groups attached to an aromatic ring is 1. The zero-order valence-electron chi connectivity index (χ0n) is 11.1. The van der Waals surface area contributed by atoms with E-state index >= 15 is 0 Å². The molecule has 0 unspecified atom stereocenters. The van der Waals surface area contributed by atoms with Gasteiger partial charge in [-0.2, -0.15) is 0 Å². The van der Waals surface area contributed by atoms with Gasteiger partial charge in [-0.25, -0.2) is 4.79 Å². The molecule has 18 heavy (non-hydrogen) atoms. The molecular formula is C13H19N3O2. The van der Waals surface area contributed by atoms with E-state index in [9.17, 15) is 4.79 Å². The fourth-order valence-corrected chi connectivity index (χ4v) is 1.34. The number of nitrogens with two attached hydrogens (primary N) is 1. The van der Waals surface area contributed by atoms with Gasteiger partial charge in [-0.15, -0.1) is 0 Å². The van der Waals surface area contributed by atoms with Crippen LogP contribution >= 0.6 is 0 Å². The molecule has 1 amide bonds. The number of carbonyl (C=O) groups excluding carboxylic acids is 1. The standard InChI is InChI=1S/C13H19N3O2/c1-8-5-6-9(11(14)15)7-10(8)16-12(17)18-13(2,3)4/h5-7H,1-4H3,(H3,14,15)(H,16,17). The molecule has 1 aromatic rings. The molecule has 1 rings (SSSR count). The highest BCUT2D eigenvalue weighted by Crippen LogP contribution is 2.18. The van der Waals surface area contributed by atoms with Crippen molar-refractivity contribution in [2.24, 2.45) is 5.73 Å². The SMILES string of the molecule is Cc1ccc(C(=N)N)cc1NC(=O)OC(C)(C)C. The first-order valence-electron chi connectivity index (χ1n) is 5.64. The molecule has 0 spiro atoms. The minimum atomic E-state index is -0.545. The summed E-state index contributed by atoms with van der Waals surface area (Å²) in [6.07, 6.45) is -0.522. The van der Waals surface area contributed by atoms with Crippen LogP contribution in [0.1, 0.15) is 31.9 Å². The van der Waals surface area contributed by atoms with E-state index in [4.69, 9.17) is 15.9 Å². The molecule has 0 fully saturated rings. The maximum Gasteiger partial charge on any atom is 0.412 e. The average Bonchev–Trinajstić information content (AvgIpc) is 2.18. The lowest BCUT2D eigenvalue weighted by Crippen LogP contribution is -2.27. The van der Waals surface area contributed by atoms with Gasteiger partial charge >= 0.3 is 6.09 Å². The minimum Gasteiger partial charge on any atom is -0.444 e. The highest BCUT2D eigenvalue weighted by atomic mass is 16.6. The summed E-state index contributed by atoms with van der Waals surface area (Å²) in [5.41, 5.74) is 6.90. The molecule has 98 valence electrons. The third kappa shape index (κ3) is 4.08. The van der Waals surface area contributed by atoms with Gasteiger partial charge in [0, 0.05) is 11.3 Å². The van der Waals surface area contributed by atoms with Crippen molar-refractivity contribution in [3.63, 3.8) is 0 Å². The van der Waals surface area contributed by atoms with Gasteiger partial charge < -0.3 is 10.5 Å². The van der Waals surface area contributed by atoms with Crippen molar-refractivity contribution in [3.8, 4) is 0 Å². The van der Waals surface area contributed by atoms with Crippen LogP contribution in [0, 0.1) is 12.3 Å². The second kappa shape index (κ2) is 5.08. The minimum absolute atomic E-state index is 0.0396. The first-order chi connectivity index (χ1) is 8.19. The summed E-state index contributed by atoms with van der Waals surface area (Å²) in [7, 11) is 0. The first-order valence-corrected chi connectivity index (χ1v) is 5.64. The Morgan fingerprint density at radius 2 is 2.00 bits per heavy atom. The summed E-state index contributed by atoms with van der Waals surface area (Å²) in [4.78, 5) is 11.6. The van der Waals surface area contributed by atoms with Gasteiger partial charge in [0.25, 0.3) is 0 Å². The second-order valence-corrected chi connectivity index (χ2v) is 5.07. The normalized spacial score (nSPS) is 10.9. The van der Waals surface area contributed by atoms with Gasteiger partial charge in [0.1, 0.15) is 11.4 Å². The summed E-state index contributed by atoms with van der Waals surface area (Å²) in [6.45, 7) is 7.25. The van der Waals surface area contributed by atoms with Crippen LogP contribution in [0.25, 0.3) is 0 Å². The van der Waals surface area contributed by atoms with Crippen LogP contribution in [0.15, 0.2) is 18.2 Å². The van der Waals surface area contributed by atoms with Crippen LogP contribution in [0.3, 0.4) is 0 Å². The molecule has 1 aromatic carbocycles. The van der Waals surface area contributed by atoms with Crippen molar-refractivity contribution >= 4 is 17.6 Å². The van der Waals surface area contributed by atoms with E-state index in [2.05, 4.69) is 5.32 Å². The third-order valence-corrected chi connectivity index (χ3v) is 2.18. The number of carbonyl (C=O) groups is 1. The Bertz CT molecular complexity index is 476. The zero-order valence-corrected chi connectivity index (χ0v) is 11.1. The molecule has 0 heterocycles. The first kappa shape index (κ1) is 14.0. The predicted octanol–water partition coefficient (Wildman–Crippen LogP) is 2.63. The number of hydrogen-bond acceptors (Lipinski definition) is 3. The van der Waals surface area contributed by atoms with Gasteiger partial charge in [0.05, 0.1) is 0 Å². The lowest BCUT2D eigenvalue weighted by molar-refractivity contribution is 0.0636. The second-order valence-electron chi connectivity index (χ2n) is 5.07. The van der Waals surface area contributed by atoms with E-state index < -0.39 is 11.7 Å². The van der Waals surface area contributed by atoms with Crippen LogP contribution in [-0.4, -0.2) is 17.5 Å². The molecule has 0 aliphatic carbocycles. The number of benzene rings is 1. The van der Waals surface area contributed by atoms with E-state index in [0.29, 0.717) is 11.3 Å². The molecule has 5 heteroatoms. The van der Waals surface area contributed by atoms with E-state index in [-0.39, 0.29) is 5.84 Å². The van der Waals surface area contributed by atoms with E-state index in [1.165, 1.54) is 0 Å². The monoisotopic (exact) mass is 249 g/mol. The van der Waals surface area contributed by atoms with Crippen LogP contribution in [0.5, 0.6) is 0 Å². The topological polar surface area (TPSA) is 88.2 Å². The molecule has 5 nitrogen and oxygen atoms in total. The Balaban J connectivity index is 2.87. The maximum absolute atomic E-state index is 11.6. The lowest BCUT2D eigenvalue weighted by Gasteiger charge is -2.20. The molecule has 0 aliphatic heterocycles. The van der Waals surface area contributed by atoms with Crippen molar-refractivity contribution in [2.45, 2.75) is 33.3 Å². The predicted molar refractivity (Wildman–Crippen MR) is 72.1 cm³/mol. The molecule has 4 N–H and O–H groups in total. The number of anilines is 1. The van der Waals surface area contributed by atoms with Gasteiger partial charge in [-0.05, 0) is 39.3 Å². The smallest absolute Gasteiger partial charge is 0.412 e. The van der Waals surface area contributed by atoms with Crippen molar-refractivity contribution in [1.29, 1.82) is 5.41 Å². The fourth-order valence-electron chi connectivity index (χ4n) is 1.34. The number of aryl methyl sites for hydroxylation is 1. The highest BCUT2D eigenvalue weighted by molar-refractivity contribution is 5.97. The molecular weight excluding hydrogens is 230 g/mol. The summed E-state index contributed by atoms with van der Waals surface area (Å²) in [5, 5.41) is 10.0. The number of rotatable bonds is 2. The molecule has 0 saturated heterocycles. The maximum atomic E-state index is 11.6. The Kier molecular flexibility index (Phi) is 3.96. The molecule has 0 radical (unpaired) electrons. The van der Waals surface area contributed by atoms with E-state index in [1.807, 2.05) is 6.92 Å². The van der Waals surface area contributed by atoms with Gasteiger partial charge in [0.15, 0.2) is 0 Å². The summed E-state index contributed by atoms with van der Waals surface area (Å²) >= 11 is 0. The summed E-state index contributed by atoms with van der Waals surface area (Å²) < 4.78 is 5.16. The van der Waals surface area contributed by atoms with Crippen LogP contribution in [0.4, 0.5) is 10.5 Å². The zero-order chi connectivity index (χ0) is 13.9. The average molecular weight is 249 g/mol. The van der Waals surface area contributed by atoms with Gasteiger partial charge in [-0.3, -0.25) is 10.7 Å². The highest BCUT2D eigenvalue weighted by Gasteiger charge is 2.16. The van der Waals surface area contributed by atoms with Crippen molar-refractivity contribution < 1.29 is 9.53 Å². The van der Waals surface area contributed by atoms with Crippen LogP contribution in [-0.2, 0) is 4.74 Å². The number of amides is 1. The van der Waals surface area contributed by atoms with Crippen LogP contribution in [0.2, 0.25) is 0 Å². The van der Waals surface area contributed by atoms with E-state index in [1.54, 1.807) is 39.0 Å². The molecule has 0 bridgehead atoms. The fraction of sp³-hybridized carbons (Fsp3) is 0.385.